The number of rotatable bonds is 6. The summed E-state index contributed by atoms with van der Waals surface area (Å²) in [6.45, 7) is 6.52. The summed E-state index contributed by atoms with van der Waals surface area (Å²) in [4.78, 5) is 0. The quantitative estimate of drug-likeness (QED) is 0.805. The topological polar surface area (TPSA) is 25.2 Å². The van der Waals surface area contributed by atoms with Gasteiger partial charge < -0.3 is 9.73 Å². The third-order valence-corrected chi connectivity index (χ3v) is 3.59. The summed E-state index contributed by atoms with van der Waals surface area (Å²) in [6.07, 6.45) is 3.84. The van der Waals surface area contributed by atoms with Gasteiger partial charge in [-0.15, -0.1) is 0 Å². The summed E-state index contributed by atoms with van der Waals surface area (Å²) in [5.41, 5.74) is 2.65. The summed E-state index contributed by atoms with van der Waals surface area (Å²) in [6, 6.07) is 13.4. The largest absolute Gasteiger partial charge is 0.468 e. The molecule has 0 amide bonds. The average molecular weight is 257 g/mol. The Bertz CT molecular complexity index is 472. The van der Waals surface area contributed by atoms with E-state index in [2.05, 4.69) is 50.4 Å². The Morgan fingerprint density at radius 2 is 1.68 bits per heavy atom. The minimum atomic E-state index is 0.279. The van der Waals surface area contributed by atoms with Crippen LogP contribution >= 0.6 is 0 Å². The fourth-order valence-electron chi connectivity index (χ4n) is 2.38. The first-order valence-corrected chi connectivity index (χ1v) is 7.10. The fourth-order valence-corrected chi connectivity index (χ4v) is 2.38. The van der Waals surface area contributed by atoms with Gasteiger partial charge in [-0.05, 0) is 37.5 Å². The molecule has 19 heavy (non-hydrogen) atoms. The van der Waals surface area contributed by atoms with Gasteiger partial charge in [0.1, 0.15) is 5.76 Å². The maximum atomic E-state index is 5.52. The van der Waals surface area contributed by atoms with Crippen molar-refractivity contribution in [2.24, 2.45) is 0 Å². The van der Waals surface area contributed by atoms with Crippen molar-refractivity contribution < 1.29 is 4.42 Å². The highest BCUT2D eigenvalue weighted by atomic mass is 16.3. The summed E-state index contributed by atoms with van der Waals surface area (Å²) < 4.78 is 5.52. The molecule has 0 aliphatic heterocycles. The molecule has 0 saturated carbocycles. The summed E-state index contributed by atoms with van der Waals surface area (Å²) >= 11 is 0. The van der Waals surface area contributed by atoms with Crippen LogP contribution in [0.5, 0.6) is 0 Å². The van der Waals surface area contributed by atoms with Gasteiger partial charge in [0.25, 0.3) is 0 Å². The average Bonchev–Trinajstić information content (AvgIpc) is 2.95. The van der Waals surface area contributed by atoms with Gasteiger partial charge in [0.15, 0.2) is 0 Å². The molecule has 0 fully saturated rings. The smallest absolute Gasteiger partial charge is 0.120 e. The normalized spacial score (nSPS) is 14.3. The van der Waals surface area contributed by atoms with Gasteiger partial charge in [0.2, 0.25) is 0 Å². The lowest BCUT2D eigenvalue weighted by molar-refractivity contribution is 0.362. The minimum Gasteiger partial charge on any atom is -0.468 e. The number of benzene rings is 1. The molecule has 2 atom stereocenters. The molecule has 2 unspecified atom stereocenters. The molecule has 2 heteroatoms. The van der Waals surface area contributed by atoms with Crippen LogP contribution in [0.25, 0.3) is 0 Å². The zero-order valence-corrected chi connectivity index (χ0v) is 12.0. The van der Waals surface area contributed by atoms with Gasteiger partial charge in [-0.3, -0.25) is 0 Å². The number of nitrogens with one attached hydrogen (secondary N) is 1. The molecule has 2 rings (SSSR count). The van der Waals surface area contributed by atoms with Crippen molar-refractivity contribution in [2.75, 3.05) is 0 Å². The van der Waals surface area contributed by atoms with E-state index >= 15 is 0 Å². The molecule has 0 aliphatic carbocycles. The molecule has 0 spiro atoms. The summed E-state index contributed by atoms with van der Waals surface area (Å²) in [5, 5.41) is 3.70. The van der Waals surface area contributed by atoms with Crippen molar-refractivity contribution in [3.05, 3.63) is 59.5 Å². The van der Waals surface area contributed by atoms with Crippen LogP contribution in [0, 0.1) is 6.92 Å². The molecule has 102 valence electrons. The number of aryl methyl sites for hydroxylation is 1. The van der Waals surface area contributed by atoms with Crippen LogP contribution in [0.1, 0.15) is 55.7 Å². The summed E-state index contributed by atoms with van der Waals surface area (Å²) in [5.74, 6) is 1.02. The number of hydrogen-bond donors (Lipinski definition) is 1. The SMILES string of the molecule is CCC(NC(CC)c1ccco1)c1ccc(C)cc1. The van der Waals surface area contributed by atoms with E-state index in [4.69, 9.17) is 4.42 Å². The van der Waals surface area contributed by atoms with Crippen molar-refractivity contribution in [1.82, 2.24) is 5.32 Å². The van der Waals surface area contributed by atoms with Crippen LogP contribution in [0.3, 0.4) is 0 Å². The molecular weight excluding hydrogens is 234 g/mol. The van der Waals surface area contributed by atoms with Crippen LogP contribution < -0.4 is 5.32 Å². The molecule has 0 bridgehead atoms. The van der Waals surface area contributed by atoms with Crippen molar-refractivity contribution in [3.8, 4) is 0 Å². The van der Waals surface area contributed by atoms with Gasteiger partial charge in [-0.25, -0.2) is 0 Å². The molecule has 0 aliphatic rings. The predicted molar refractivity (Wildman–Crippen MR) is 79.1 cm³/mol. The highest BCUT2D eigenvalue weighted by molar-refractivity contribution is 5.24. The Kier molecular flexibility index (Phi) is 4.80. The Labute approximate surface area is 115 Å². The van der Waals surface area contributed by atoms with Gasteiger partial charge in [0, 0.05) is 6.04 Å². The van der Waals surface area contributed by atoms with Gasteiger partial charge >= 0.3 is 0 Å². The van der Waals surface area contributed by atoms with E-state index in [1.165, 1.54) is 11.1 Å². The molecule has 1 aromatic carbocycles. The molecule has 0 radical (unpaired) electrons. The Morgan fingerprint density at radius 3 is 2.21 bits per heavy atom. The standard InChI is InChI=1S/C17H23NO/c1-4-15(14-10-8-13(3)9-11-14)18-16(5-2)17-7-6-12-19-17/h6-12,15-16,18H,4-5H2,1-3H3. The van der Waals surface area contributed by atoms with E-state index in [9.17, 15) is 0 Å². The maximum Gasteiger partial charge on any atom is 0.120 e. The first-order chi connectivity index (χ1) is 9.24. The highest BCUT2D eigenvalue weighted by Gasteiger charge is 2.17. The molecular formula is C17H23NO. The molecule has 1 aromatic heterocycles. The third kappa shape index (κ3) is 3.48. The van der Waals surface area contributed by atoms with Crippen molar-refractivity contribution in [2.45, 2.75) is 45.7 Å². The van der Waals surface area contributed by atoms with E-state index in [0.29, 0.717) is 6.04 Å². The van der Waals surface area contributed by atoms with Gasteiger partial charge in [0.05, 0.1) is 12.3 Å². The lowest BCUT2D eigenvalue weighted by Crippen LogP contribution is -2.25. The van der Waals surface area contributed by atoms with Gasteiger partial charge in [-0.1, -0.05) is 43.7 Å². The van der Waals surface area contributed by atoms with Crippen LogP contribution in [0.4, 0.5) is 0 Å². The minimum absolute atomic E-state index is 0.279. The molecule has 0 saturated heterocycles. The number of hydrogen-bond acceptors (Lipinski definition) is 2. The van der Waals surface area contributed by atoms with Crippen LogP contribution in [-0.2, 0) is 0 Å². The molecule has 1 N–H and O–H groups in total. The first-order valence-electron chi connectivity index (χ1n) is 7.10. The Hall–Kier alpha value is -1.54. The van der Waals surface area contributed by atoms with Crippen LogP contribution in [0.15, 0.2) is 47.1 Å². The van der Waals surface area contributed by atoms with E-state index < -0.39 is 0 Å². The fraction of sp³-hybridized carbons (Fsp3) is 0.412. The molecule has 1 heterocycles. The van der Waals surface area contributed by atoms with Crippen LogP contribution in [-0.4, -0.2) is 0 Å². The van der Waals surface area contributed by atoms with E-state index in [1.54, 1.807) is 6.26 Å². The van der Waals surface area contributed by atoms with Crippen molar-refractivity contribution in [1.29, 1.82) is 0 Å². The van der Waals surface area contributed by atoms with Crippen LogP contribution in [0.2, 0.25) is 0 Å². The molecule has 2 aromatic rings. The second kappa shape index (κ2) is 6.58. The zero-order chi connectivity index (χ0) is 13.7. The lowest BCUT2D eigenvalue weighted by atomic mass is 10.0. The highest BCUT2D eigenvalue weighted by Crippen LogP contribution is 2.24. The monoisotopic (exact) mass is 257 g/mol. The van der Waals surface area contributed by atoms with E-state index in [1.807, 2.05) is 12.1 Å². The second-order valence-electron chi connectivity index (χ2n) is 5.01. The third-order valence-electron chi connectivity index (χ3n) is 3.59. The van der Waals surface area contributed by atoms with Crippen molar-refractivity contribution >= 4 is 0 Å². The van der Waals surface area contributed by atoms with Gasteiger partial charge in [-0.2, -0.15) is 0 Å². The first kappa shape index (κ1) is 13.9. The Balaban J connectivity index is 2.11. The molecule has 2 nitrogen and oxygen atoms in total. The van der Waals surface area contributed by atoms with E-state index in [0.717, 1.165) is 18.6 Å². The maximum absolute atomic E-state index is 5.52. The number of furan rings is 1. The van der Waals surface area contributed by atoms with E-state index in [-0.39, 0.29) is 6.04 Å². The van der Waals surface area contributed by atoms with Crippen molar-refractivity contribution in [3.63, 3.8) is 0 Å². The zero-order valence-electron chi connectivity index (χ0n) is 12.0. The Morgan fingerprint density at radius 1 is 1.00 bits per heavy atom. The summed E-state index contributed by atoms with van der Waals surface area (Å²) in [7, 11) is 0. The predicted octanol–water partition coefficient (Wildman–Crippen LogP) is 4.78. The lowest BCUT2D eigenvalue weighted by Gasteiger charge is -2.23. The second-order valence-corrected chi connectivity index (χ2v) is 5.01.